The Bertz CT molecular complexity index is 414. The highest BCUT2D eigenvalue weighted by Gasteiger charge is 2.16. The van der Waals surface area contributed by atoms with Crippen molar-refractivity contribution in [2.75, 3.05) is 13.7 Å². The van der Waals surface area contributed by atoms with Gasteiger partial charge in [-0.2, -0.15) is 0 Å². The zero-order valence-electron chi connectivity index (χ0n) is 13.0. The van der Waals surface area contributed by atoms with Gasteiger partial charge in [-0.1, -0.05) is 26.0 Å². The maximum Gasteiger partial charge on any atom is 0.322 e. The molecule has 0 spiro atoms. The first kappa shape index (κ1) is 16.5. The largest absolute Gasteiger partial charge is 0.493 e. The van der Waals surface area contributed by atoms with Gasteiger partial charge in [0.2, 0.25) is 0 Å². The third kappa shape index (κ3) is 5.21. The van der Waals surface area contributed by atoms with Gasteiger partial charge in [-0.25, -0.2) is 0 Å². The number of methoxy groups -OCH3 is 1. The van der Waals surface area contributed by atoms with Crippen molar-refractivity contribution in [2.24, 2.45) is 5.92 Å². The zero-order chi connectivity index (χ0) is 15.1. The van der Waals surface area contributed by atoms with Crippen molar-refractivity contribution in [3.63, 3.8) is 0 Å². The summed E-state index contributed by atoms with van der Waals surface area (Å²) in [5, 5.41) is 3.20. The summed E-state index contributed by atoms with van der Waals surface area (Å²) >= 11 is 0. The lowest BCUT2D eigenvalue weighted by atomic mass is 10.1. The number of esters is 1. The van der Waals surface area contributed by atoms with E-state index in [1.807, 2.05) is 31.2 Å². The minimum absolute atomic E-state index is 0.0725. The van der Waals surface area contributed by atoms with E-state index in [2.05, 4.69) is 19.2 Å². The first-order valence-electron chi connectivity index (χ1n) is 7.00. The van der Waals surface area contributed by atoms with Crippen LogP contribution in [0.4, 0.5) is 0 Å². The monoisotopic (exact) mass is 279 g/mol. The highest BCUT2D eigenvalue weighted by Crippen LogP contribution is 2.18. The zero-order valence-corrected chi connectivity index (χ0v) is 13.0. The molecule has 0 aliphatic heterocycles. The Labute approximate surface area is 121 Å². The second-order valence-electron chi connectivity index (χ2n) is 5.41. The van der Waals surface area contributed by atoms with E-state index in [1.165, 1.54) is 7.11 Å². The van der Waals surface area contributed by atoms with Crippen molar-refractivity contribution in [2.45, 2.75) is 39.8 Å². The van der Waals surface area contributed by atoms with E-state index in [0.717, 1.165) is 11.3 Å². The fourth-order valence-corrected chi connectivity index (χ4v) is 1.83. The second-order valence-corrected chi connectivity index (χ2v) is 5.41. The van der Waals surface area contributed by atoms with Crippen LogP contribution in [0, 0.1) is 5.92 Å². The van der Waals surface area contributed by atoms with Gasteiger partial charge < -0.3 is 9.47 Å². The van der Waals surface area contributed by atoms with Crippen LogP contribution < -0.4 is 10.1 Å². The highest BCUT2D eigenvalue weighted by molar-refractivity contribution is 5.75. The molecule has 0 fully saturated rings. The minimum Gasteiger partial charge on any atom is -0.493 e. The number of rotatable bonds is 7. The molecule has 1 N–H and O–H groups in total. The molecule has 1 aromatic carbocycles. The standard InChI is InChI=1S/C16H25NO3/c1-11(2)10-20-15-8-6-14(7-9-15)12(3)17-13(4)16(18)19-5/h6-9,11-13,17H,10H2,1-5H3/t12?,13-/m0/s1. The molecule has 0 aliphatic carbocycles. The molecule has 0 heterocycles. The van der Waals surface area contributed by atoms with Crippen molar-refractivity contribution >= 4 is 5.97 Å². The number of ether oxygens (including phenoxy) is 2. The minimum atomic E-state index is -0.327. The summed E-state index contributed by atoms with van der Waals surface area (Å²) in [6.07, 6.45) is 0. The summed E-state index contributed by atoms with van der Waals surface area (Å²) in [6, 6.07) is 7.68. The summed E-state index contributed by atoms with van der Waals surface area (Å²) in [5.41, 5.74) is 1.11. The van der Waals surface area contributed by atoms with E-state index in [4.69, 9.17) is 9.47 Å². The van der Waals surface area contributed by atoms with Crippen molar-refractivity contribution in [1.82, 2.24) is 5.32 Å². The molecular weight excluding hydrogens is 254 g/mol. The smallest absolute Gasteiger partial charge is 0.322 e. The van der Waals surface area contributed by atoms with Gasteiger partial charge in [0, 0.05) is 6.04 Å². The molecule has 1 rings (SSSR count). The average molecular weight is 279 g/mol. The van der Waals surface area contributed by atoms with Crippen LogP contribution >= 0.6 is 0 Å². The summed E-state index contributed by atoms with van der Waals surface area (Å²) in [4.78, 5) is 11.4. The van der Waals surface area contributed by atoms with Crippen molar-refractivity contribution in [3.8, 4) is 5.75 Å². The Morgan fingerprint density at radius 2 is 1.75 bits per heavy atom. The maximum atomic E-state index is 11.4. The maximum absolute atomic E-state index is 11.4. The number of nitrogens with one attached hydrogen (secondary N) is 1. The Morgan fingerprint density at radius 1 is 1.15 bits per heavy atom. The normalized spacial score (nSPS) is 13.9. The van der Waals surface area contributed by atoms with Gasteiger partial charge in [-0.05, 0) is 37.5 Å². The van der Waals surface area contributed by atoms with Crippen molar-refractivity contribution in [3.05, 3.63) is 29.8 Å². The van der Waals surface area contributed by atoms with E-state index in [9.17, 15) is 4.79 Å². The molecule has 0 saturated carbocycles. The van der Waals surface area contributed by atoms with E-state index < -0.39 is 0 Å². The molecule has 1 unspecified atom stereocenters. The predicted molar refractivity (Wildman–Crippen MR) is 79.8 cm³/mol. The Hall–Kier alpha value is -1.55. The molecule has 0 aliphatic rings. The lowest BCUT2D eigenvalue weighted by Crippen LogP contribution is -2.36. The van der Waals surface area contributed by atoms with Crippen LogP contribution in [0.15, 0.2) is 24.3 Å². The summed E-state index contributed by atoms with van der Waals surface area (Å²) in [7, 11) is 1.39. The third-order valence-corrected chi connectivity index (χ3v) is 3.02. The fraction of sp³-hybridized carbons (Fsp3) is 0.562. The first-order valence-corrected chi connectivity index (χ1v) is 7.00. The van der Waals surface area contributed by atoms with Crippen LogP contribution in [-0.4, -0.2) is 25.7 Å². The number of carbonyl (C=O) groups excluding carboxylic acids is 1. The van der Waals surface area contributed by atoms with Crippen LogP contribution in [0.25, 0.3) is 0 Å². The van der Waals surface area contributed by atoms with Crippen LogP contribution in [0.2, 0.25) is 0 Å². The molecule has 0 amide bonds. The molecule has 0 aromatic heterocycles. The van der Waals surface area contributed by atoms with Crippen LogP contribution in [0.5, 0.6) is 5.75 Å². The second kappa shape index (κ2) is 7.90. The van der Waals surface area contributed by atoms with E-state index >= 15 is 0 Å². The van der Waals surface area contributed by atoms with Crippen molar-refractivity contribution < 1.29 is 14.3 Å². The Balaban J connectivity index is 2.57. The highest BCUT2D eigenvalue weighted by atomic mass is 16.5. The molecule has 4 nitrogen and oxygen atoms in total. The third-order valence-electron chi connectivity index (χ3n) is 3.02. The van der Waals surface area contributed by atoms with Gasteiger partial charge in [0.15, 0.2) is 0 Å². The van der Waals surface area contributed by atoms with Gasteiger partial charge in [0.1, 0.15) is 11.8 Å². The molecule has 4 heteroatoms. The van der Waals surface area contributed by atoms with Gasteiger partial charge >= 0.3 is 5.97 Å². The lowest BCUT2D eigenvalue weighted by molar-refractivity contribution is -0.142. The lowest BCUT2D eigenvalue weighted by Gasteiger charge is -2.19. The topological polar surface area (TPSA) is 47.6 Å². The number of benzene rings is 1. The number of carbonyl (C=O) groups is 1. The summed E-state index contributed by atoms with van der Waals surface area (Å²) in [6.45, 7) is 8.77. The SMILES string of the molecule is COC(=O)[C@H](C)NC(C)c1ccc(OCC(C)C)cc1. The van der Waals surface area contributed by atoms with Gasteiger partial charge in [0.05, 0.1) is 13.7 Å². The molecule has 1 aromatic rings. The molecule has 0 saturated heterocycles. The molecule has 20 heavy (non-hydrogen) atoms. The van der Waals surface area contributed by atoms with E-state index in [1.54, 1.807) is 6.92 Å². The molecule has 0 bridgehead atoms. The fourth-order valence-electron chi connectivity index (χ4n) is 1.83. The van der Waals surface area contributed by atoms with Gasteiger partial charge in [-0.15, -0.1) is 0 Å². The summed E-state index contributed by atoms with van der Waals surface area (Å²) in [5.74, 6) is 1.13. The van der Waals surface area contributed by atoms with E-state index in [-0.39, 0.29) is 18.1 Å². The van der Waals surface area contributed by atoms with Gasteiger partial charge in [0.25, 0.3) is 0 Å². The molecular formula is C16H25NO3. The Kier molecular flexibility index (Phi) is 6.52. The van der Waals surface area contributed by atoms with Crippen molar-refractivity contribution in [1.29, 1.82) is 0 Å². The van der Waals surface area contributed by atoms with Crippen LogP contribution in [0.3, 0.4) is 0 Å². The molecule has 112 valence electrons. The average Bonchev–Trinajstić information content (AvgIpc) is 2.44. The molecule has 2 atom stereocenters. The van der Waals surface area contributed by atoms with Crippen LogP contribution in [-0.2, 0) is 9.53 Å². The summed E-state index contributed by atoms with van der Waals surface area (Å²) < 4.78 is 10.3. The van der Waals surface area contributed by atoms with Gasteiger partial charge in [-0.3, -0.25) is 10.1 Å². The van der Waals surface area contributed by atoms with Crippen LogP contribution in [0.1, 0.15) is 39.3 Å². The molecule has 0 radical (unpaired) electrons. The Morgan fingerprint density at radius 3 is 2.25 bits per heavy atom. The number of hydrogen-bond acceptors (Lipinski definition) is 4. The predicted octanol–water partition coefficient (Wildman–Crippen LogP) is 2.93. The first-order chi connectivity index (χ1) is 9.43. The van der Waals surface area contributed by atoms with E-state index in [0.29, 0.717) is 12.5 Å². The quantitative estimate of drug-likeness (QED) is 0.780. The number of hydrogen-bond donors (Lipinski definition) is 1.